The van der Waals surface area contributed by atoms with Gasteiger partial charge in [0.15, 0.2) is 0 Å². The SMILES string of the molecule is C#Cc1nc[nH]c(=O)c1C(C)C. The van der Waals surface area contributed by atoms with Crippen LogP contribution in [0.1, 0.15) is 31.0 Å². The predicted molar refractivity (Wildman–Crippen MR) is 46.9 cm³/mol. The first kappa shape index (κ1) is 8.54. The number of hydrogen-bond acceptors (Lipinski definition) is 2. The summed E-state index contributed by atoms with van der Waals surface area (Å²) in [5.74, 6) is 2.49. The number of rotatable bonds is 1. The highest BCUT2D eigenvalue weighted by molar-refractivity contribution is 5.33. The standard InChI is InChI=1S/C9H10N2O/c1-4-7-8(6(2)3)9(12)11-5-10-7/h1,5-6H,2-3H3,(H,10,11,12). The van der Waals surface area contributed by atoms with Gasteiger partial charge in [-0.3, -0.25) is 4.79 Å². The monoisotopic (exact) mass is 162 g/mol. The molecule has 0 atom stereocenters. The molecule has 12 heavy (non-hydrogen) atoms. The zero-order valence-electron chi connectivity index (χ0n) is 7.09. The molecule has 3 heteroatoms. The Hall–Kier alpha value is -1.56. The van der Waals surface area contributed by atoms with Crippen LogP contribution in [-0.2, 0) is 0 Å². The molecule has 0 fully saturated rings. The van der Waals surface area contributed by atoms with Gasteiger partial charge in [-0.1, -0.05) is 13.8 Å². The Kier molecular flexibility index (Phi) is 2.29. The third-order valence-electron chi connectivity index (χ3n) is 1.60. The molecular formula is C9H10N2O. The molecule has 62 valence electrons. The van der Waals surface area contributed by atoms with Crippen LogP contribution in [0, 0.1) is 12.3 Å². The van der Waals surface area contributed by atoms with Gasteiger partial charge in [-0.15, -0.1) is 6.42 Å². The summed E-state index contributed by atoms with van der Waals surface area (Å²) in [6, 6.07) is 0. The molecule has 0 aliphatic rings. The summed E-state index contributed by atoms with van der Waals surface area (Å²) >= 11 is 0. The Morgan fingerprint density at radius 3 is 2.75 bits per heavy atom. The molecule has 0 amide bonds. The van der Waals surface area contributed by atoms with Gasteiger partial charge in [0.25, 0.3) is 5.56 Å². The lowest BCUT2D eigenvalue weighted by atomic mass is 10.0. The molecule has 0 spiro atoms. The number of nitrogens with zero attached hydrogens (tertiary/aromatic N) is 1. The number of hydrogen-bond donors (Lipinski definition) is 1. The number of nitrogens with one attached hydrogen (secondary N) is 1. The van der Waals surface area contributed by atoms with E-state index in [4.69, 9.17) is 6.42 Å². The molecule has 1 rings (SSSR count). The van der Waals surface area contributed by atoms with Gasteiger partial charge in [0.05, 0.1) is 11.9 Å². The normalized spacial score (nSPS) is 9.83. The van der Waals surface area contributed by atoms with Crippen LogP contribution in [0.2, 0.25) is 0 Å². The first-order valence-electron chi connectivity index (χ1n) is 3.71. The maximum atomic E-state index is 11.2. The molecule has 1 aromatic rings. The predicted octanol–water partition coefficient (Wildman–Crippen LogP) is 0.875. The van der Waals surface area contributed by atoms with Crippen LogP contribution in [-0.4, -0.2) is 9.97 Å². The zero-order valence-corrected chi connectivity index (χ0v) is 7.09. The molecule has 0 aliphatic heterocycles. The van der Waals surface area contributed by atoms with E-state index in [1.807, 2.05) is 13.8 Å². The quantitative estimate of drug-likeness (QED) is 0.623. The van der Waals surface area contributed by atoms with Crippen LogP contribution < -0.4 is 5.56 Å². The van der Waals surface area contributed by atoms with E-state index in [0.717, 1.165) is 0 Å². The van der Waals surface area contributed by atoms with E-state index < -0.39 is 0 Å². The highest BCUT2D eigenvalue weighted by atomic mass is 16.1. The summed E-state index contributed by atoms with van der Waals surface area (Å²) in [6.45, 7) is 3.82. The van der Waals surface area contributed by atoms with Gasteiger partial charge >= 0.3 is 0 Å². The molecule has 3 nitrogen and oxygen atoms in total. The van der Waals surface area contributed by atoms with E-state index in [-0.39, 0.29) is 11.5 Å². The lowest BCUT2D eigenvalue weighted by Gasteiger charge is -2.04. The second-order valence-corrected chi connectivity index (χ2v) is 2.79. The van der Waals surface area contributed by atoms with Gasteiger partial charge in [-0.05, 0) is 11.8 Å². The molecule has 0 saturated heterocycles. The van der Waals surface area contributed by atoms with Gasteiger partial charge in [0, 0.05) is 0 Å². The topological polar surface area (TPSA) is 45.8 Å². The minimum atomic E-state index is -0.145. The molecular weight excluding hydrogens is 152 g/mol. The lowest BCUT2D eigenvalue weighted by Crippen LogP contribution is -2.16. The van der Waals surface area contributed by atoms with Crippen molar-refractivity contribution in [3.63, 3.8) is 0 Å². The van der Waals surface area contributed by atoms with Crippen LogP contribution in [0.3, 0.4) is 0 Å². The zero-order chi connectivity index (χ0) is 9.14. The van der Waals surface area contributed by atoms with E-state index in [9.17, 15) is 4.79 Å². The van der Waals surface area contributed by atoms with Crippen molar-refractivity contribution < 1.29 is 0 Å². The molecule has 1 aromatic heterocycles. The summed E-state index contributed by atoms with van der Waals surface area (Å²) in [7, 11) is 0. The molecule has 0 aliphatic carbocycles. The summed E-state index contributed by atoms with van der Waals surface area (Å²) in [5, 5.41) is 0. The molecule has 0 aromatic carbocycles. The Bertz CT molecular complexity index is 371. The maximum Gasteiger partial charge on any atom is 0.255 e. The second-order valence-electron chi connectivity index (χ2n) is 2.79. The fourth-order valence-electron chi connectivity index (χ4n) is 1.06. The Balaban J connectivity index is 3.43. The first-order chi connectivity index (χ1) is 5.66. The summed E-state index contributed by atoms with van der Waals surface area (Å²) in [4.78, 5) is 17.6. The van der Waals surface area contributed by atoms with E-state index >= 15 is 0 Å². The van der Waals surface area contributed by atoms with Crippen molar-refractivity contribution in [3.8, 4) is 12.3 Å². The van der Waals surface area contributed by atoms with Crippen molar-refractivity contribution in [1.29, 1.82) is 0 Å². The smallest absolute Gasteiger partial charge is 0.255 e. The van der Waals surface area contributed by atoms with Gasteiger partial charge in [0.2, 0.25) is 0 Å². The van der Waals surface area contributed by atoms with Crippen LogP contribution >= 0.6 is 0 Å². The second kappa shape index (κ2) is 3.22. The van der Waals surface area contributed by atoms with Crippen LogP contribution in [0.25, 0.3) is 0 Å². The number of terminal acetylenes is 1. The van der Waals surface area contributed by atoms with Gasteiger partial charge in [0.1, 0.15) is 5.69 Å². The minimum absolute atomic E-state index is 0.105. The largest absolute Gasteiger partial charge is 0.313 e. The third-order valence-corrected chi connectivity index (χ3v) is 1.60. The highest BCUT2D eigenvalue weighted by Crippen LogP contribution is 2.10. The van der Waals surface area contributed by atoms with Gasteiger partial charge in [-0.2, -0.15) is 0 Å². The highest BCUT2D eigenvalue weighted by Gasteiger charge is 2.09. The Morgan fingerprint density at radius 1 is 1.67 bits per heavy atom. The average molecular weight is 162 g/mol. The van der Waals surface area contributed by atoms with Crippen LogP contribution in [0.5, 0.6) is 0 Å². The van der Waals surface area contributed by atoms with Crippen molar-refractivity contribution in [1.82, 2.24) is 9.97 Å². The molecule has 0 radical (unpaired) electrons. The van der Waals surface area contributed by atoms with E-state index in [1.165, 1.54) is 6.33 Å². The van der Waals surface area contributed by atoms with E-state index in [1.54, 1.807) is 0 Å². The van der Waals surface area contributed by atoms with Crippen molar-refractivity contribution in [2.24, 2.45) is 0 Å². The van der Waals surface area contributed by atoms with Crippen molar-refractivity contribution in [2.75, 3.05) is 0 Å². The average Bonchev–Trinajstić information content (AvgIpc) is 2.03. The van der Waals surface area contributed by atoms with Gasteiger partial charge in [-0.25, -0.2) is 4.98 Å². The number of aromatic amines is 1. The Morgan fingerprint density at radius 2 is 2.33 bits per heavy atom. The van der Waals surface area contributed by atoms with E-state index in [0.29, 0.717) is 11.3 Å². The fourth-order valence-corrected chi connectivity index (χ4v) is 1.06. The van der Waals surface area contributed by atoms with Gasteiger partial charge < -0.3 is 4.98 Å². The van der Waals surface area contributed by atoms with Crippen LogP contribution in [0.4, 0.5) is 0 Å². The lowest BCUT2D eigenvalue weighted by molar-refractivity contribution is 0.823. The number of aromatic nitrogens is 2. The summed E-state index contributed by atoms with van der Waals surface area (Å²) < 4.78 is 0. The molecule has 0 bridgehead atoms. The fraction of sp³-hybridized carbons (Fsp3) is 0.333. The molecule has 1 heterocycles. The Labute approximate surface area is 70.9 Å². The summed E-state index contributed by atoms with van der Waals surface area (Å²) in [6.07, 6.45) is 6.51. The summed E-state index contributed by atoms with van der Waals surface area (Å²) in [5.41, 5.74) is 0.877. The van der Waals surface area contributed by atoms with Crippen molar-refractivity contribution in [3.05, 3.63) is 27.9 Å². The minimum Gasteiger partial charge on any atom is -0.313 e. The molecule has 0 saturated carbocycles. The molecule has 0 unspecified atom stereocenters. The first-order valence-corrected chi connectivity index (χ1v) is 3.71. The maximum absolute atomic E-state index is 11.2. The van der Waals surface area contributed by atoms with Crippen LogP contribution in [0.15, 0.2) is 11.1 Å². The number of H-pyrrole nitrogens is 1. The molecule has 1 N–H and O–H groups in total. The van der Waals surface area contributed by atoms with Crippen molar-refractivity contribution >= 4 is 0 Å². The van der Waals surface area contributed by atoms with E-state index in [2.05, 4.69) is 15.9 Å². The van der Waals surface area contributed by atoms with Crippen molar-refractivity contribution in [2.45, 2.75) is 19.8 Å². The third kappa shape index (κ3) is 1.37.